The standard InChI is InChI=1S/C60H64N3O.Pt/c1-37(2)42-33-50(38(3)4)56(64)51(34-42)57-62-55-49(43-30-44(32-47(31-43)60(11,12)13)52-35-41(28-29-61-52)39-18-15-14-16-19-39)20-17-21-53(55)63(57)54-36-46(59(8,9)10)26-27-48(54)40-22-24-45(25-23-40)58(5,6)7;/h14-29,31-38,64H,1-13H3;/q-1;/i14D,15D,16D,18D,19D,28D,29D,35D;. The molecule has 8 rings (SSSR count). The van der Waals surface area contributed by atoms with Crippen LogP contribution >= 0.6 is 0 Å². The molecule has 6 aromatic carbocycles. The van der Waals surface area contributed by atoms with Crippen molar-refractivity contribution in [3.63, 3.8) is 0 Å². The van der Waals surface area contributed by atoms with Gasteiger partial charge in [0.15, 0.2) is 0 Å². The topological polar surface area (TPSA) is 50.9 Å². The summed E-state index contributed by atoms with van der Waals surface area (Å²) in [6.07, 6.45) is -0.519. The monoisotopic (exact) mass is 1050 g/mol. The summed E-state index contributed by atoms with van der Waals surface area (Å²) in [7, 11) is 0. The molecule has 5 heteroatoms. The number of fused-ring (bicyclic) bond motifs is 1. The number of imidazole rings is 1. The molecule has 8 aromatic rings. The molecule has 1 N–H and O–H groups in total. The van der Waals surface area contributed by atoms with Crippen LogP contribution in [0, 0.1) is 6.07 Å². The molecule has 0 spiro atoms. The van der Waals surface area contributed by atoms with E-state index in [0.29, 0.717) is 33.6 Å². The first-order valence-corrected chi connectivity index (χ1v) is 22.3. The Balaban J connectivity index is 0.00000780. The van der Waals surface area contributed by atoms with E-state index in [4.69, 9.17) is 14.6 Å². The normalized spacial score (nSPS) is 14.0. The maximum atomic E-state index is 12.5. The van der Waals surface area contributed by atoms with Gasteiger partial charge in [0.1, 0.15) is 11.6 Å². The minimum absolute atomic E-state index is 0. The fourth-order valence-electron chi connectivity index (χ4n) is 8.16. The average molecular weight is 1050 g/mol. The number of aromatic hydroxyl groups is 1. The summed E-state index contributed by atoms with van der Waals surface area (Å²) in [6, 6.07) is 29.1. The molecule has 0 unspecified atom stereocenters. The Morgan fingerprint density at radius 3 is 1.89 bits per heavy atom. The van der Waals surface area contributed by atoms with Crippen LogP contribution in [-0.4, -0.2) is 19.6 Å². The molecule has 0 atom stereocenters. The molecule has 0 bridgehead atoms. The summed E-state index contributed by atoms with van der Waals surface area (Å²) in [5.41, 5.74) is 10.2. The van der Waals surface area contributed by atoms with E-state index in [9.17, 15) is 6.48 Å². The van der Waals surface area contributed by atoms with Gasteiger partial charge in [-0.15, -0.1) is 29.3 Å². The van der Waals surface area contributed by atoms with Crippen LogP contribution in [0.3, 0.4) is 0 Å². The molecule has 336 valence electrons. The fourth-order valence-corrected chi connectivity index (χ4v) is 8.16. The number of pyridine rings is 1. The molecule has 0 amide bonds. The van der Waals surface area contributed by atoms with Gasteiger partial charge in [0.25, 0.3) is 0 Å². The molecular formula is C60H64N3OPt-. The van der Waals surface area contributed by atoms with Crippen molar-refractivity contribution >= 4 is 11.0 Å². The first-order chi connectivity index (χ1) is 33.5. The van der Waals surface area contributed by atoms with Gasteiger partial charge in [0.05, 0.1) is 33.3 Å². The summed E-state index contributed by atoms with van der Waals surface area (Å²) in [5.74, 6) is 0.866. The van der Waals surface area contributed by atoms with Gasteiger partial charge in [-0.3, -0.25) is 9.55 Å². The maximum absolute atomic E-state index is 12.5. The van der Waals surface area contributed by atoms with Gasteiger partial charge in [-0.2, -0.15) is 0 Å². The van der Waals surface area contributed by atoms with Crippen molar-refractivity contribution < 1.29 is 37.1 Å². The molecule has 0 radical (unpaired) electrons. The second kappa shape index (κ2) is 18.0. The summed E-state index contributed by atoms with van der Waals surface area (Å²) in [6.45, 7) is 27.9. The number of aromatic nitrogens is 3. The molecule has 0 fully saturated rings. The number of hydrogen-bond donors (Lipinski definition) is 1. The summed E-state index contributed by atoms with van der Waals surface area (Å²) >= 11 is 0. The van der Waals surface area contributed by atoms with Crippen LogP contribution in [0.5, 0.6) is 5.75 Å². The van der Waals surface area contributed by atoms with Crippen LogP contribution in [0.2, 0.25) is 0 Å². The van der Waals surface area contributed by atoms with Gasteiger partial charge in [-0.25, -0.2) is 4.98 Å². The predicted octanol–water partition coefficient (Wildman–Crippen LogP) is 16.4. The largest absolute Gasteiger partial charge is 0.507 e. The number of benzene rings is 6. The smallest absolute Gasteiger partial charge is 0.148 e. The molecule has 0 aliphatic carbocycles. The molecule has 4 nitrogen and oxygen atoms in total. The molecule has 2 heterocycles. The minimum Gasteiger partial charge on any atom is -0.507 e. The summed E-state index contributed by atoms with van der Waals surface area (Å²) in [5, 5.41) is 12.5. The number of para-hydroxylation sites is 1. The minimum atomic E-state index is -0.606. The van der Waals surface area contributed by atoms with Gasteiger partial charge in [-0.1, -0.05) is 192 Å². The number of nitrogens with zero attached hydrogens (tertiary/aromatic N) is 3. The van der Waals surface area contributed by atoms with Crippen molar-refractivity contribution in [3.05, 3.63) is 167 Å². The second-order valence-corrected chi connectivity index (χ2v) is 20.7. The Morgan fingerprint density at radius 2 is 1.26 bits per heavy atom. The van der Waals surface area contributed by atoms with Crippen LogP contribution in [-0.2, 0) is 37.3 Å². The number of phenols is 1. The third kappa shape index (κ3) is 9.57. The molecule has 0 saturated heterocycles. The number of hydrogen-bond acceptors (Lipinski definition) is 3. The van der Waals surface area contributed by atoms with Gasteiger partial charge >= 0.3 is 0 Å². The van der Waals surface area contributed by atoms with Crippen LogP contribution in [0.25, 0.3) is 72.7 Å². The Labute approximate surface area is 413 Å². The third-order valence-corrected chi connectivity index (χ3v) is 12.2. The van der Waals surface area contributed by atoms with Gasteiger partial charge in [-0.05, 0) is 91.3 Å². The Bertz CT molecular complexity index is 3440. The SMILES string of the molecule is [2H]c1nc(-c2[c-]c(-c3cccc4c3nc(-c3cc(C(C)C)cc(C(C)C)c3O)n4-c3cc(C(C)(C)C)ccc3-c3ccc(C(C)(C)C)cc3)cc(C(C)(C)C)c2)c([2H])c(-c2c([2H])c([2H])c([2H])c([2H])c2[2H])c1[2H].[Pt]. The van der Waals surface area contributed by atoms with Crippen LogP contribution in [0.15, 0.2) is 133 Å². The molecule has 0 aliphatic heterocycles. The van der Waals surface area contributed by atoms with E-state index in [1.807, 2.05) is 30.3 Å². The van der Waals surface area contributed by atoms with E-state index < -0.39 is 47.8 Å². The first-order valence-electron chi connectivity index (χ1n) is 26.3. The van der Waals surface area contributed by atoms with E-state index in [1.165, 1.54) is 5.56 Å². The molecule has 65 heavy (non-hydrogen) atoms. The zero-order valence-electron chi connectivity index (χ0n) is 47.8. The summed E-state index contributed by atoms with van der Waals surface area (Å²) in [4.78, 5) is 10.1. The van der Waals surface area contributed by atoms with E-state index >= 15 is 0 Å². The zero-order chi connectivity index (χ0) is 52.8. The van der Waals surface area contributed by atoms with Gasteiger partial charge in [0.2, 0.25) is 0 Å². The van der Waals surface area contributed by atoms with E-state index in [0.717, 1.165) is 44.6 Å². The number of phenolic OH excluding ortho intramolecular Hbond substituents is 1. The molecular weight excluding hydrogens is 974 g/mol. The fraction of sp³-hybridized carbons (Fsp3) is 0.300. The second-order valence-electron chi connectivity index (χ2n) is 20.7. The van der Waals surface area contributed by atoms with E-state index in [2.05, 4.69) is 160 Å². The first kappa shape index (κ1) is 37.6. The zero-order valence-corrected chi connectivity index (χ0v) is 42.1. The average Bonchev–Trinajstić information content (AvgIpc) is 3.70. The maximum Gasteiger partial charge on any atom is 0.148 e. The Morgan fingerprint density at radius 1 is 0.615 bits per heavy atom. The van der Waals surface area contributed by atoms with E-state index in [-0.39, 0.29) is 72.3 Å². The van der Waals surface area contributed by atoms with Crippen LogP contribution in [0.1, 0.15) is 141 Å². The van der Waals surface area contributed by atoms with Gasteiger partial charge in [0, 0.05) is 38.5 Å². The quantitative estimate of drug-likeness (QED) is 0.154. The van der Waals surface area contributed by atoms with Crippen LogP contribution < -0.4 is 0 Å². The van der Waals surface area contributed by atoms with Crippen molar-refractivity contribution in [2.75, 3.05) is 0 Å². The molecule has 0 aliphatic rings. The third-order valence-electron chi connectivity index (χ3n) is 12.2. The van der Waals surface area contributed by atoms with Crippen molar-refractivity contribution in [2.45, 2.75) is 118 Å². The molecule has 0 saturated carbocycles. The van der Waals surface area contributed by atoms with Crippen molar-refractivity contribution in [2.24, 2.45) is 0 Å². The summed E-state index contributed by atoms with van der Waals surface area (Å²) < 4.78 is 71.9. The van der Waals surface area contributed by atoms with Gasteiger partial charge < -0.3 is 5.11 Å². The predicted molar refractivity (Wildman–Crippen MR) is 271 cm³/mol. The Kier molecular flexibility index (Phi) is 10.4. The van der Waals surface area contributed by atoms with E-state index in [1.54, 1.807) is 0 Å². The van der Waals surface area contributed by atoms with Crippen molar-refractivity contribution in [3.8, 4) is 67.5 Å². The molecule has 2 aromatic heterocycles. The Hall–Kier alpha value is -5.57. The van der Waals surface area contributed by atoms with Crippen molar-refractivity contribution in [1.82, 2.24) is 14.5 Å². The van der Waals surface area contributed by atoms with Crippen molar-refractivity contribution in [1.29, 1.82) is 0 Å². The number of rotatable bonds is 8. The van der Waals surface area contributed by atoms with Crippen LogP contribution in [0.4, 0.5) is 0 Å².